The van der Waals surface area contributed by atoms with Crippen molar-refractivity contribution >= 4 is 29.1 Å². The molecule has 3 aromatic rings. The molecular formula is C22H22N4O3. The summed E-state index contributed by atoms with van der Waals surface area (Å²) in [6.45, 7) is 5.92. The first-order valence-corrected chi connectivity index (χ1v) is 9.04. The van der Waals surface area contributed by atoms with Crippen molar-refractivity contribution in [2.45, 2.75) is 20.8 Å². The molecule has 148 valence electrons. The van der Waals surface area contributed by atoms with E-state index in [0.717, 1.165) is 22.4 Å². The standard InChI is InChI=1S/C22H22N4O3/c1-13-9-14(2)20(15(3)10-13)26-21(27)18-11-19(24-12-23-18)25-17-8-6-5-7-16(17)22(28)29-4/h5-12H,1-4H3,(H,26,27)(H,23,24,25). The Balaban J connectivity index is 1.84. The third-order valence-corrected chi connectivity index (χ3v) is 4.41. The van der Waals surface area contributed by atoms with Gasteiger partial charge in [-0.2, -0.15) is 0 Å². The molecule has 0 saturated carbocycles. The highest BCUT2D eigenvalue weighted by molar-refractivity contribution is 6.04. The number of anilines is 3. The zero-order valence-corrected chi connectivity index (χ0v) is 16.7. The zero-order chi connectivity index (χ0) is 21.0. The Labute approximate surface area is 169 Å². The molecule has 7 heteroatoms. The second kappa shape index (κ2) is 8.52. The number of methoxy groups -OCH3 is 1. The van der Waals surface area contributed by atoms with Crippen LogP contribution in [0.15, 0.2) is 48.8 Å². The van der Waals surface area contributed by atoms with E-state index in [2.05, 4.69) is 20.6 Å². The number of nitrogens with zero attached hydrogens (tertiary/aromatic N) is 2. The van der Waals surface area contributed by atoms with Gasteiger partial charge in [0.25, 0.3) is 5.91 Å². The predicted molar refractivity (Wildman–Crippen MR) is 112 cm³/mol. The average Bonchev–Trinajstić information content (AvgIpc) is 2.70. The third-order valence-electron chi connectivity index (χ3n) is 4.41. The highest BCUT2D eigenvalue weighted by atomic mass is 16.5. The number of hydrogen-bond donors (Lipinski definition) is 2. The van der Waals surface area contributed by atoms with Crippen LogP contribution in [-0.2, 0) is 4.74 Å². The van der Waals surface area contributed by atoms with E-state index in [1.165, 1.54) is 19.5 Å². The Hall–Kier alpha value is -3.74. The van der Waals surface area contributed by atoms with Crippen molar-refractivity contribution in [2.75, 3.05) is 17.7 Å². The molecule has 0 saturated heterocycles. The van der Waals surface area contributed by atoms with Gasteiger partial charge in [-0.25, -0.2) is 14.8 Å². The molecule has 0 fully saturated rings. The lowest BCUT2D eigenvalue weighted by Gasteiger charge is -2.13. The Kier molecular flexibility index (Phi) is 5.87. The summed E-state index contributed by atoms with van der Waals surface area (Å²) in [7, 11) is 1.32. The molecule has 1 amide bonds. The normalized spacial score (nSPS) is 10.3. The van der Waals surface area contributed by atoms with Crippen molar-refractivity contribution in [3.8, 4) is 0 Å². The number of benzene rings is 2. The van der Waals surface area contributed by atoms with Crippen LogP contribution in [0.25, 0.3) is 0 Å². The minimum Gasteiger partial charge on any atom is -0.465 e. The van der Waals surface area contributed by atoms with E-state index in [1.807, 2.05) is 32.9 Å². The average molecular weight is 390 g/mol. The zero-order valence-electron chi connectivity index (χ0n) is 16.7. The second-order valence-electron chi connectivity index (χ2n) is 6.68. The number of hydrogen-bond acceptors (Lipinski definition) is 6. The van der Waals surface area contributed by atoms with Crippen molar-refractivity contribution in [1.82, 2.24) is 9.97 Å². The van der Waals surface area contributed by atoms with E-state index in [0.29, 0.717) is 17.1 Å². The molecule has 1 heterocycles. The molecule has 7 nitrogen and oxygen atoms in total. The maximum atomic E-state index is 12.7. The van der Waals surface area contributed by atoms with E-state index >= 15 is 0 Å². The van der Waals surface area contributed by atoms with Gasteiger partial charge in [0.05, 0.1) is 18.4 Å². The van der Waals surface area contributed by atoms with Crippen molar-refractivity contribution < 1.29 is 14.3 Å². The second-order valence-corrected chi connectivity index (χ2v) is 6.68. The number of nitrogens with one attached hydrogen (secondary N) is 2. The quantitative estimate of drug-likeness (QED) is 0.635. The summed E-state index contributed by atoms with van der Waals surface area (Å²) >= 11 is 0. The summed E-state index contributed by atoms with van der Waals surface area (Å²) in [6, 6.07) is 12.5. The Morgan fingerprint density at radius 1 is 0.966 bits per heavy atom. The Bertz CT molecular complexity index is 1060. The number of ether oxygens (including phenoxy) is 1. The van der Waals surface area contributed by atoms with E-state index < -0.39 is 5.97 Å². The molecule has 2 aromatic carbocycles. The van der Waals surface area contributed by atoms with Gasteiger partial charge in [-0.3, -0.25) is 4.79 Å². The van der Waals surface area contributed by atoms with Crippen molar-refractivity contribution in [3.63, 3.8) is 0 Å². The number of carbonyl (C=O) groups excluding carboxylic acids is 2. The molecule has 0 radical (unpaired) electrons. The Morgan fingerprint density at radius 3 is 2.34 bits per heavy atom. The highest BCUT2D eigenvalue weighted by Gasteiger charge is 2.15. The maximum Gasteiger partial charge on any atom is 0.339 e. The monoisotopic (exact) mass is 390 g/mol. The summed E-state index contributed by atoms with van der Waals surface area (Å²) in [5.41, 5.74) is 4.96. The Morgan fingerprint density at radius 2 is 1.66 bits per heavy atom. The van der Waals surface area contributed by atoms with E-state index in [1.54, 1.807) is 24.3 Å². The molecule has 0 unspecified atom stereocenters. The first kappa shape index (κ1) is 20.0. The van der Waals surface area contributed by atoms with Gasteiger partial charge >= 0.3 is 5.97 Å². The summed E-state index contributed by atoms with van der Waals surface area (Å²) < 4.78 is 4.80. The number of carbonyl (C=O) groups is 2. The molecule has 2 N–H and O–H groups in total. The number of aromatic nitrogens is 2. The topological polar surface area (TPSA) is 93.2 Å². The van der Waals surface area contributed by atoms with Gasteiger partial charge in [0, 0.05) is 11.8 Å². The lowest BCUT2D eigenvalue weighted by atomic mass is 10.0. The van der Waals surface area contributed by atoms with Gasteiger partial charge < -0.3 is 15.4 Å². The maximum absolute atomic E-state index is 12.7. The molecule has 1 aromatic heterocycles. The molecule has 29 heavy (non-hydrogen) atoms. The minimum absolute atomic E-state index is 0.206. The van der Waals surface area contributed by atoms with E-state index in [-0.39, 0.29) is 11.6 Å². The lowest BCUT2D eigenvalue weighted by Crippen LogP contribution is -2.16. The summed E-state index contributed by atoms with van der Waals surface area (Å²) in [5.74, 6) is -0.420. The van der Waals surface area contributed by atoms with Crippen LogP contribution in [0.3, 0.4) is 0 Å². The van der Waals surface area contributed by atoms with Crippen LogP contribution < -0.4 is 10.6 Å². The number of aryl methyl sites for hydroxylation is 3. The van der Waals surface area contributed by atoms with Gasteiger partial charge in [-0.05, 0) is 44.0 Å². The molecular weight excluding hydrogens is 368 g/mol. The van der Waals surface area contributed by atoms with Crippen LogP contribution in [0.1, 0.15) is 37.5 Å². The van der Waals surface area contributed by atoms with E-state index in [4.69, 9.17) is 4.74 Å². The van der Waals surface area contributed by atoms with Gasteiger partial charge in [-0.1, -0.05) is 29.8 Å². The fourth-order valence-corrected chi connectivity index (χ4v) is 3.12. The molecule has 0 bridgehead atoms. The fraction of sp³-hybridized carbons (Fsp3) is 0.182. The first-order chi connectivity index (χ1) is 13.9. The molecule has 0 aliphatic rings. The van der Waals surface area contributed by atoms with Gasteiger partial charge in [-0.15, -0.1) is 0 Å². The summed E-state index contributed by atoms with van der Waals surface area (Å²) in [6.07, 6.45) is 1.30. The first-order valence-electron chi connectivity index (χ1n) is 9.04. The van der Waals surface area contributed by atoms with Gasteiger partial charge in [0.15, 0.2) is 0 Å². The summed E-state index contributed by atoms with van der Waals surface area (Å²) in [5, 5.41) is 5.97. The van der Waals surface area contributed by atoms with Crippen molar-refractivity contribution in [1.29, 1.82) is 0 Å². The predicted octanol–water partition coefficient (Wildman–Crippen LogP) is 4.18. The number of amides is 1. The minimum atomic E-state index is -0.467. The van der Waals surface area contributed by atoms with Gasteiger partial charge in [0.2, 0.25) is 0 Å². The van der Waals surface area contributed by atoms with Crippen molar-refractivity contribution in [3.05, 3.63) is 76.7 Å². The molecule has 0 aliphatic carbocycles. The summed E-state index contributed by atoms with van der Waals surface area (Å²) in [4.78, 5) is 32.9. The van der Waals surface area contributed by atoms with Gasteiger partial charge in [0.1, 0.15) is 17.8 Å². The smallest absolute Gasteiger partial charge is 0.339 e. The van der Waals surface area contributed by atoms with Crippen LogP contribution >= 0.6 is 0 Å². The van der Waals surface area contributed by atoms with Crippen LogP contribution in [0.2, 0.25) is 0 Å². The number of rotatable bonds is 5. The number of para-hydroxylation sites is 1. The van der Waals surface area contributed by atoms with Crippen LogP contribution in [0.5, 0.6) is 0 Å². The molecule has 0 atom stereocenters. The fourth-order valence-electron chi connectivity index (χ4n) is 3.12. The third kappa shape index (κ3) is 4.57. The van der Waals surface area contributed by atoms with Crippen LogP contribution in [0, 0.1) is 20.8 Å². The number of esters is 1. The van der Waals surface area contributed by atoms with Crippen molar-refractivity contribution in [2.24, 2.45) is 0 Å². The molecule has 3 rings (SSSR count). The SMILES string of the molecule is COC(=O)c1ccccc1Nc1cc(C(=O)Nc2c(C)cc(C)cc2C)ncn1. The van der Waals surface area contributed by atoms with Crippen LogP contribution in [0.4, 0.5) is 17.2 Å². The highest BCUT2D eigenvalue weighted by Crippen LogP contribution is 2.23. The van der Waals surface area contributed by atoms with Crippen LogP contribution in [-0.4, -0.2) is 29.0 Å². The lowest BCUT2D eigenvalue weighted by molar-refractivity contribution is 0.0601. The van der Waals surface area contributed by atoms with E-state index in [9.17, 15) is 9.59 Å². The largest absolute Gasteiger partial charge is 0.465 e. The molecule has 0 aliphatic heterocycles. The molecule has 0 spiro atoms.